The van der Waals surface area contributed by atoms with Crippen LogP contribution >= 0.6 is 0 Å². The minimum atomic E-state index is -0.937. The number of pyridine rings is 1. The van der Waals surface area contributed by atoms with Crippen molar-refractivity contribution >= 4 is 28.4 Å². The Hall–Kier alpha value is -3.76. The van der Waals surface area contributed by atoms with Crippen molar-refractivity contribution in [1.29, 1.82) is 0 Å². The number of nitrogens with one attached hydrogen (secondary N) is 3. The van der Waals surface area contributed by atoms with Gasteiger partial charge in [-0.05, 0) is 55.2 Å². The van der Waals surface area contributed by atoms with Crippen LogP contribution in [-0.4, -0.2) is 56.0 Å². The van der Waals surface area contributed by atoms with E-state index >= 15 is 0 Å². The Morgan fingerprint density at radius 1 is 1.11 bits per heavy atom. The summed E-state index contributed by atoms with van der Waals surface area (Å²) in [6, 6.07) is 12.0. The minimum absolute atomic E-state index is 0.292. The van der Waals surface area contributed by atoms with Crippen molar-refractivity contribution < 1.29 is 5.11 Å². The Kier molecular flexibility index (Phi) is 5.27. The second-order valence-electron chi connectivity index (χ2n) is 9.18. The van der Waals surface area contributed by atoms with Gasteiger partial charge in [0.15, 0.2) is 11.5 Å². The first-order valence-electron chi connectivity index (χ1n) is 12.1. The largest absolute Gasteiger partial charge is 0.384 e. The summed E-state index contributed by atoms with van der Waals surface area (Å²) in [5.41, 5.74) is 2.96. The van der Waals surface area contributed by atoms with E-state index in [1.807, 2.05) is 31.2 Å². The molecule has 0 radical (unpaired) electrons. The number of aryl methyl sites for hydroxylation is 1. The Morgan fingerprint density at radius 3 is 2.69 bits per heavy atom. The average molecular weight is 473 g/mol. The van der Waals surface area contributed by atoms with Gasteiger partial charge >= 0.3 is 0 Å². The lowest BCUT2D eigenvalue weighted by Crippen LogP contribution is -2.43. The lowest BCUT2D eigenvalue weighted by atomic mass is 9.98. The molecule has 1 unspecified atom stereocenters. The number of hydrogen-bond donors (Lipinski definition) is 4. The second kappa shape index (κ2) is 8.47. The SMILES string of the molecule is CCC1(O)CCc2ccc(-n3[nH]c(=O)c4cnc(Nc5ccc(N6CCNCC6)cc5)nc43)nc21. The summed E-state index contributed by atoms with van der Waals surface area (Å²) in [5.74, 6) is 0.890. The van der Waals surface area contributed by atoms with Gasteiger partial charge in [-0.2, -0.15) is 4.98 Å². The van der Waals surface area contributed by atoms with Crippen molar-refractivity contribution in [3.63, 3.8) is 0 Å². The number of fused-ring (bicyclic) bond motifs is 2. The first-order valence-corrected chi connectivity index (χ1v) is 12.1. The number of rotatable bonds is 5. The summed E-state index contributed by atoms with van der Waals surface area (Å²) in [4.78, 5) is 28.6. The van der Waals surface area contributed by atoms with E-state index in [1.54, 1.807) is 4.68 Å². The number of nitrogens with zero attached hydrogens (tertiary/aromatic N) is 5. The highest BCUT2D eigenvalue weighted by molar-refractivity contribution is 5.76. The van der Waals surface area contributed by atoms with Gasteiger partial charge in [0.1, 0.15) is 11.0 Å². The van der Waals surface area contributed by atoms with Crippen molar-refractivity contribution in [3.05, 3.63) is 64.2 Å². The van der Waals surface area contributed by atoms with E-state index in [4.69, 9.17) is 4.98 Å². The Morgan fingerprint density at radius 2 is 1.91 bits per heavy atom. The van der Waals surface area contributed by atoms with Gasteiger partial charge < -0.3 is 20.6 Å². The number of aromatic nitrogens is 5. The van der Waals surface area contributed by atoms with Crippen molar-refractivity contribution in [2.45, 2.75) is 31.8 Å². The summed E-state index contributed by atoms with van der Waals surface area (Å²) in [5, 5.41) is 20.8. The maximum Gasteiger partial charge on any atom is 0.275 e. The van der Waals surface area contributed by atoms with E-state index in [0.717, 1.165) is 43.9 Å². The topological polar surface area (TPSA) is 124 Å². The van der Waals surface area contributed by atoms with Gasteiger partial charge in [-0.1, -0.05) is 13.0 Å². The molecular formula is C25H28N8O2. The normalized spacial score (nSPS) is 19.8. The Labute approximate surface area is 202 Å². The average Bonchev–Trinajstić information content (AvgIpc) is 3.41. The van der Waals surface area contributed by atoms with E-state index in [-0.39, 0.29) is 5.56 Å². The van der Waals surface area contributed by atoms with Gasteiger partial charge in [-0.25, -0.2) is 14.6 Å². The first-order chi connectivity index (χ1) is 17.0. The summed E-state index contributed by atoms with van der Waals surface area (Å²) in [6.07, 6.45) is 3.55. The molecule has 1 saturated heterocycles. The monoisotopic (exact) mass is 472 g/mol. The molecule has 0 bridgehead atoms. The van der Waals surface area contributed by atoms with Gasteiger partial charge in [0.2, 0.25) is 5.95 Å². The fraction of sp³-hybridized carbons (Fsp3) is 0.360. The molecule has 1 atom stereocenters. The number of H-pyrrole nitrogens is 1. The fourth-order valence-corrected chi connectivity index (χ4v) is 4.96. The zero-order valence-corrected chi connectivity index (χ0v) is 19.6. The second-order valence-corrected chi connectivity index (χ2v) is 9.18. The van der Waals surface area contributed by atoms with Crippen LogP contribution < -0.4 is 21.1 Å². The summed E-state index contributed by atoms with van der Waals surface area (Å²) in [7, 11) is 0. The van der Waals surface area contributed by atoms with E-state index in [2.05, 4.69) is 42.7 Å². The molecule has 0 saturated carbocycles. The standard InChI is InChI=1S/C25H28N8O2/c1-2-25(35)10-9-16-3-8-20(29-21(16)25)33-22-19(23(34)31-33)15-27-24(30-22)28-17-4-6-18(7-5-17)32-13-11-26-12-14-32/h3-8,15,26,35H,2,9-14H2,1H3,(H,31,34)(H,27,28,30). The molecule has 2 aliphatic rings. The molecule has 6 rings (SSSR count). The van der Waals surface area contributed by atoms with Crippen LogP contribution in [0, 0.1) is 0 Å². The molecule has 1 fully saturated rings. The van der Waals surface area contributed by atoms with Crippen LogP contribution in [0.15, 0.2) is 47.4 Å². The van der Waals surface area contributed by atoms with E-state index in [1.165, 1.54) is 11.9 Å². The highest BCUT2D eigenvalue weighted by Crippen LogP contribution is 2.38. The molecule has 4 aromatic rings. The number of aromatic amines is 1. The lowest BCUT2D eigenvalue weighted by Gasteiger charge is -2.29. The third-order valence-electron chi connectivity index (χ3n) is 7.07. The van der Waals surface area contributed by atoms with E-state index in [0.29, 0.717) is 41.3 Å². The van der Waals surface area contributed by atoms with Crippen LogP contribution in [0.3, 0.4) is 0 Å². The maximum absolute atomic E-state index is 12.6. The molecule has 4 N–H and O–H groups in total. The molecule has 4 heterocycles. The maximum atomic E-state index is 12.6. The van der Waals surface area contributed by atoms with Gasteiger partial charge in [0.05, 0.1) is 5.69 Å². The van der Waals surface area contributed by atoms with Crippen LogP contribution in [0.4, 0.5) is 17.3 Å². The van der Waals surface area contributed by atoms with Crippen molar-refractivity contribution in [1.82, 2.24) is 30.0 Å². The quantitative estimate of drug-likeness (QED) is 0.349. The zero-order valence-electron chi connectivity index (χ0n) is 19.6. The van der Waals surface area contributed by atoms with Crippen LogP contribution in [0.2, 0.25) is 0 Å². The summed E-state index contributed by atoms with van der Waals surface area (Å²) >= 11 is 0. The lowest BCUT2D eigenvalue weighted by molar-refractivity contribution is 0.0306. The van der Waals surface area contributed by atoms with Crippen LogP contribution in [-0.2, 0) is 12.0 Å². The summed E-state index contributed by atoms with van der Waals surface area (Å²) in [6.45, 7) is 5.91. The molecule has 10 nitrogen and oxygen atoms in total. The highest BCUT2D eigenvalue weighted by Gasteiger charge is 2.37. The number of aliphatic hydroxyl groups is 1. The molecule has 180 valence electrons. The molecule has 10 heteroatoms. The number of benzene rings is 1. The molecular weight excluding hydrogens is 444 g/mol. The van der Waals surface area contributed by atoms with Gasteiger partial charge in [0, 0.05) is 43.8 Å². The first kappa shape index (κ1) is 21.8. The van der Waals surface area contributed by atoms with Crippen molar-refractivity contribution in [3.8, 4) is 5.82 Å². The third-order valence-corrected chi connectivity index (χ3v) is 7.07. The smallest absolute Gasteiger partial charge is 0.275 e. The van der Waals surface area contributed by atoms with E-state index < -0.39 is 5.60 Å². The van der Waals surface area contributed by atoms with E-state index in [9.17, 15) is 9.90 Å². The Balaban J connectivity index is 1.31. The van der Waals surface area contributed by atoms with Gasteiger partial charge in [-0.3, -0.25) is 9.89 Å². The molecule has 1 aliphatic carbocycles. The zero-order chi connectivity index (χ0) is 24.0. The predicted molar refractivity (Wildman–Crippen MR) is 135 cm³/mol. The number of hydrogen-bond acceptors (Lipinski definition) is 8. The molecule has 35 heavy (non-hydrogen) atoms. The molecule has 0 spiro atoms. The third kappa shape index (κ3) is 3.84. The van der Waals surface area contributed by atoms with Gasteiger partial charge in [0.25, 0.3) is 5.56 Å². The summed E-state index contributed by atoms with van der Waals surface area (Å²) < 4.78 is 1.56. The van der Waals surface area contributed by atoms with Crippen LogP contribution in [0.1, 0.15) is 31.0 Å². The molecule has 1 aromatic carbocycles. The molecule has 1 aliphatic heterocycles. The molecule has 3 aromatic heterocycles. The highest BCUT2D eigenvalue weighted by atomic mass is 16.3. The predicted octanol–water partition coefficient (Wildman–Crippen LogP) is 2.20. The number of anilines is 3. The van der Waals surface area contributed by atoms with Crippen LogP contribution in [0.25, 0.3) is 16.9 Å². The fourth-order valence-electron chi connectivity index (χ4n) is 4.96. The van der Waals surface area contributed by atoms with Gasteiger partial charge in [-0.15, -0.1) is 0 Å². The Bertz CT molecular complexity index is 1440. The van der Waals surface area contributed by atoms with Crippen molar-refractivity contribution in [2.75, 3.05) is 36.4 Å². The molecule has 0 amide bonds. The van der Waals surface area contributed by atoms with Crippen LogP contribution in [0.5, 0.6) is 0 Å². The number of piperazine rings is 1. The minimum Gasteiger partial charge on any atom is -0.384 e. The van der Waals surface area contributed by atoms with Crippen molar-refractivity contribution in [2.24, 2.45) is 0 Å².